The molecule has 1 aromatic rings. The first-order valence-corrected chi connectivity index (χ1v) is 5.41. The topological polar surface area (TPSA) is 46.5 Å². The van der Waals surface area contributed by atoms with Gasteiger partial charge in [0.1, 0.15) is 5.75 Å². The normalized spacial score (nSPS) is 12.6. The van der Waals surface area contributed by atoms with Crippen LogP contribution in [0.15, 0.2) is 18.2 Å². The number of carboxylic acids is 1. The molecular formula is C13H18O3. The quantitative estimate of drug-likeness (QED) is 0.851. The zero-order valence-electron chi connectivity index (χ0n) is 10.2. The summed E-state index contributed by atoms with van der Waals surface area (Å²) in [5, 5.41) is 8.73. The number of hydrogen-bond acceptors (Lipinski definition) is 2. The van der Waals surface area contributed by atoms with Gasteiger partial charge >= 0.3 is 5.97 Å². The molecule has 0 bridgehead atoms. The van der Waals surface area contributed by atoms with E-state index >= 15 is 0 Å². The lowest BCUT2D eigenvalue weighted by Gasteiger charge is -2.14. The Morgan fingerprint density at radius 3 is 2.38 bits per heavy atom. The Morgan fingerprint density at radius 1 is 1.31 bits per heavy atom. The Hall–Kier alpha value is -1.51. The molecule has 0 fully saturated rings. The molecule has 0 aromatic heterocycles. The van der Waals surface area contributed by atoms with E-state index in [9.17, 15) is 4.79 Å². The van der Waals surface area contributed by atoms with Gasteiger partial charge in [-0.2, -0.15) is 0 Å². The highest BCUT2D eigenvalue weighted by Crippen LogP contribution is 2.24. The summed E-state index contributed by atoms with van der Waals surface area (Å²) in [7, 11) is 0. The fourth-order valence-corrected chi connectivity index (χ4v) is 1.62. The number of benzene rings is 1. The highest BCUT2D eigenvalue weighted by Gasteiger charge is 2.13. The van der Waals surface area contributed by atoms with Gasteiger partial charge in [-0.3, -0.25) is 0 Å². The molecule has 0 spiro atoms. The molecule has 3 nitrogen and oxygen atoms in total. The van der Waals surface area contributed by atoms with E-state index in [1.807, 2.05) is 25.1 Å². The Bertz CT molecular complexity index is 383. The van der Waals surface area contributed by atoms with Crippen LogP contribution in [0.25, 0.3) is 0 Å². The van der Waals surface area contributed by atoms with Gasteiger partial charge in [0.2, 0.25) is 0 Å². The van der Waals surface area contributed by atoms with E-state index in [1.54, 1.807) is 0 Å². The van der Waals surface area contributed by atoms with Crippen molar-refractivity contribution in [2.75, 3.05) is 0 Å². The van der Waals surface area contributed by atoms with Crippen LogP contribution in [0.1, 0.15) is 37.8 Å². The van der Waals surface area contributed by atoms with Crippen LogP contribution >= 0.6 is 0 Å². The van der Waals surface area contributed by atoms with E-state index in [0.29, 0.717) is 11.7 Å². The van der Waals surface area contributed by atoms with Crippen LogP contribution in [0.2, 0.25) is 0 Å². The molecule has 0 aliphatic rings. The third-order valence-electron chi connectivity index (χ3n) is 2.52. The predicted molar refractivity (Wildman–Crippen MR) is 63.0 cm³/mol. The molecular weight excluding hydrogens is 204 g/mol. The van der Waals surface area contributed by atoms with Crippen LogP contribution in [-0.2, 0) is 4.79 Å². The van der Waals surface area contributed by atoms with Crippen LogP contribution < -0.4 is 4.74 Å². The molecule has 0 saturated carbocycles. The first kappa shape index (κ1) is 12.6. The molecule has 1 N–H and O–H groups in total. The molecule has 0 radical (unpaired) electrons. The SMILES string of the molecule is Cc1cc(OC(C)C(=O)O)ccc1C(C)C. The molecule has 88 valence electrons. The van der Waals surface area contributed by atoms with E-state index in [4.69, 9.17) is 9.84 Å². The minimum Gasteiger partial charge on any atom is -0.479 e. The Morgan fingerprint density at radius 2 is 1.94 bits per heavy atom. The van der Waals surface area contributed by atoms with Gasteiger partial charge in [-0.15, -0.1) is 0 Å². The van der Waals surface area contributed by atoms with Crippen LogP contribution in [0.4, 0.5) is 0 Å². The lowest BCUT2D eigenvalue weighted by molar-refractivity contribution is -0.144. The Kier molecular flexibility index (Phi) is 3.93. The summed E-state index contributed by atoms with van der Waals surface area (Å²) in [6.45, 7) is 7.78. The van der Waals surface area contributed by atoms with Crippen molar-refractivity contribution in [3.05, 3.63) is 29.3 Å². The highest BCUT2D eigenvalue weighted by molar-refractivity contribution is 5.72. The highest BCUT2D eigenvalue weighted by atomic mass is 16.5. The smallest absolute Gasteiger partial charge is 0.344 e. The van der Waals surface area contributed by atoms with E-state index in [-0.39, 0.29) is 0 Å². The summed E-state index contributed by atoms with van der Waals surface area (Å²) in [6, 6.07) is 5.69. The third kappa shape index (κ3) is 2.99. The average Bonchev–Trinajstić information content (AvgIpc) is 2.16. The molecule has 0 saturated heterocycles. The average molecular weight is 222 g/mol. The second kappa shape index (κ2) is 5.01. The lowest BCUT2D eigenvalue weighted by Crippen LogP contribution is -2.22. The van der Waals surface area contributed by atoms with Crippen LogP contribution in [0.3, 0.4) is 0 Å². The van der Waals surface area contributed by atoms with Gasteiger partial charge in [0.05, 0.1) is 0 Å². The first-order chi connectivity index (χ1) is 7.41. The van der Waals surface area contributed by atoms with Crippen LogP contribution in [0.5, 0.6) is 5.75 Å². The monoisotopic (exact) mass is 222 g/mol. The van der Waals surface area contributed by atoms with Gasteiger partial charge in [0, 0.05) is 0 Å². The Balaban J connectivity index is 2.85. The van der Waals surface area contributed by atoms with Gasteiger partial charge in [0.15, 0.2) is 6.10 Å². The fraction of sp³-hybridized carbons (Fsp3) is 0.462. The van der Waals surface area contributed by atoms with Gasteiger partial charge < -0.3 is 9.84 Å². The maximum atomic E-state index is 10.6. The Labute approximate surface area is 96.1 Å². The number of aryl methyl sites for hydroxylation is 1. The molecule has 0 heterocycles. The summed E-state index contributed by atoms with van der Waals surface area (Å²) in [4.78, 5) is 10.6. The van der Waals surface area contributed by atoms with Crippen LogP contribution in [0, 0.1) is 6.92 Å². The largest absolute Gasteiger partial charge is 0.479 e. The second-order valence-corrected chi connectivity index (χ2v) is 4.27. The van der Waals surface area contributed by atoms with Gasteiger partial charge in [-0.05, 0) is 43.0 Å². The molecule has 0 aliphatic carbocycles. The van der Waals surface area contributed by atoms with Crippen molar-refractivity contribution in [1.29, 1.82) is 0 Å². The first-order valence-electron chi connectivity index (χ1n) is 5.41. The van der Waals surface area contributed by atoms with Gasteiger partial charge in [-0.25, -0.2) is 4.79 Å². The van der Waals surface area contributed by atoms with Crippen molar-refractivity contribution >= 4 is 5.97 Å². The zero-order valence-corrected chi connectivity index (χ0v) is 10.2. The van der Waals surface area contributed by atoms with Crippen molar-refractivity contribution in [1.82, 2.24) is 0 Å². The summed E-state index contributed by atoms with van der Waals surface area (Å²) in [5.41, 5.74) is 2.39. The summed E-state index contributed by atoms with van der Waals surface area (Å²) < 4.78 is 5.29. The van der Waals surface area contributed by atoms with E-state index in [0.717, 1.165) is 5.56 Å². The standard InChI is InChI=1S/C13H18O3/c1-8(2)12-6-5-11(7-9(12)3)16-10(4)13(14)15/h5-8,10H,1-4H3,(H,14,15). The number of aliphatic carboxylic acids is 1. The van der Waals surface area contributed by atoms with Crippen molar-refractivity contribution in [3.63, 3.8) is 0 Å². The predicted octanol–water partition coefficient (Wildman–Crippen LogP) is 2.97. The van der Waals surface area contributed by atoms with E-state index in [1.165, 1.54) is 12.5 Å². The molecule has 0 amide bonds. The number of carbonyl (C=O) groups is 1. The maximum Gasteiger partial charge on any atom is 0.344 e. The second-order valence-electron chi connectivity index (χ2n) is 4.27. The zero-order chi connectivity index (χ0) is 12.3. The fourth-order valence-electron chi connectivity index (χ4n) is 1.62. The van der Waals surface area contributed by atoms with Crippen molar-refractivity contribution < 1.29 is 14.6 Å². The maximum absolute atomic E-state index is 10.6. The van der Waals surface area contributed by atoms with Gasteiger partial charge in [-0.1, -0.05) is 19.9 Å². The number of carboxylic acid groups (broad SMARTS) is 1. The summed E-state index contributed by atoms with van der Waals surface area (Å²) >= 11 is 0. The van der Waals surface area contributed by atoms with Crippen molar-refractivity contribution in [2.24, 2.45) is 0 Å². The van der Waals surface area contributed by atoms with Crippen molar-refractivity contribution in [2.45, 2.75) is 39.7 Å². The van der Waals surface area contributed by atoms with Gasteiger partial charge in [0.25, 0.3) is 0 Å². The minimum absolute atomic E-state index is 0.464. The molecule has 0 aliphatic heterocycles. The van der Waals surface area contributed by atoms with E-state index < -0.39 is 12.1 Å². The molecule has 1 atom stereocenters. The number of ether oxygens (including phenoxy) is 1. The third-order valence-corrected chi connectivity index (χ3v) is 2.52. The summed E-state index contributed by atoms with van der Waals surface area (Å²) in [6.07, 6.45) is -0.815. The minimum atomic E-state index is -0.953. The van der Waals surface area contributed by atoms with Crippen molar-refractivity contribution in [3.8, 4) is 5.75 Å². The molecule has 1 aromatic carbocycles. The molecule has 1 unspecified atom stereocenters. The van der Waals surface area contributed by atoms with Crippen LogP contribution in [-0.4, -0.2) is 17.2 Å². The van der Waals surface area contributed by atoms with E-state index in [2.05, 4.69) is 13.8 Å². The number of rotatable bonds is 4. The molecule has 1 rings (SSSR count). The number of hydrogen-bond donors (Lipinski definition) is 1. The molecule has 16 heavy (non-hydrogen) atoms. The summed E-state index contributed by atoms with van der Waals surface area (Å²) in [5.74, 6) is 0.119. The lowest BCUT2D eigenvalue weighted by atomic mass is 9.98. The molecule has 3 heteroatoms.